The highest BCUT2D eigenvalue weighted by atomic mass is 35.5. The molecule has 0 saturated heterocycles. The molecule has 1 heterocycles. The third-order valence-corrected chi connectivity index (χ3v) is 3.54. The highest BCUT2D eigenvalue weighted by Crippen LogP contribution is 2.20. The predicted octanol–water partition coefficient (Wildman–Crippen LogP) is 2.96. The van der Waals surface area contributed by atoms with Crippen molar-refractivity contribution in [3.63, 3.8) is 0 Å². The average molecular weight is 342 g/mol. The molecule has 1 aromatic rings. The van der Waals surface area contributed by atoms with E-state index in [0.29, 0.717) is 19.0 Å². The summed E-state index contributed by atoms with van der Waals surface area (Å²) in [5.41, 5.74) is 6.35. The van der Waals surface area contributed by atoms with Gasteiger partial charge in [0.05, 0.1) is 10.7 Å². The number of nitrogens with zero attached hydrogens (tertiary/aromatic N) is 1. The second kappa shape index (κ2) is 11.3. The fourth-order valence-electron chi connectivity index (χ4n) is 1.72. The summed E-state index contributed by atoms with van der Waals surface area (Å²) in [5, 5.41) is 3.89. The van der Waals surface area contributed by atoms with Crippen LogP contribution in [0.1, 0.15) is 47.1 Å². The molecule has 7 heteroatoms. The third-order valence-electron chi connectivity index (χ3n) is 2.53. The van der Waals surface area contributed by atoms with Gasteiger partial charge in [-0.25, -0.2) is 4.98 Å². The highest BCUT2D eigenvalue weighted by molar-refractivity contribution is 7.13. The molecule has 0 atom stereocenters. The van der Waals surface area contributed by atoms with Crippen molar-refractivity contribution in [3.05, 3.63) is 15.6 Å². The van der Waals surface area contributed by atoms with Gasteiger partial charge in [0.25, 0.3) is 5.91 Å². The van der Waals surface area contributed by atoms with E-state index in [4.69, 9.17) is 5.73 Å². The van der Waals surface area contributed by atoms with Crippen molar-refractivity contribution in [1.29, 1.82) is 0 Å². The molecular formula is C13H25Cl2N3OS. The quantitative estimate of drug-likeness (QED) is 0.749. The van der Waals surface area contributed by atoms with Crippen LogP contribution in [0.25, 0.3) is 0 Å². The van der Waals surface area contributed by atoms with Crippen LogP contribution in [0.4, 0.5) is 0 Å². The van der Waals surface area contributed by atoms with Crippen molar-refractivity contribution in [1.82, 2.24) is 10.3 Å². The number of nitrogens with two attached hydrogens (primary N) is 1. The zero-order valence-corrected chi connectivity index (χ0v) is 14.7. The van der Waals surface area contributed by atoms with E-state index in [1.165, 1.54) is 11.3 Å². The smallest absolute Gasteiger partial charge is 0.263 e. The third kappa shape index (κ3) is 7.43. The summed E-state index contributed by atoms with van der Waals surface area (Å²) in [7, 11) is 0. The number of nitrogens with one attached hydrogen (secondary N) is 1. The van der Waals surface area contributed by atoms with Gasteiger partial charge in [-0.15, -0.1) is 36.2 Å². The lowest BCUT2D eigenvalue weighted by Crippen LogP contribution is -2.25. The summed E-state index contributed by atoms with van der Waals surface area (Å²) in [4.78, 5) is 17.3. The first-order chi connectivity index (χ1) is 8.54. The Balaban J connectivity index is 0. The maximum atomic E-state index is 12.1. The fraction of sp³-hybridized carbons (Fsp3) is 0.692. The number of carbonyl (C=O) groups is 1. The predicted molar refractivity (Wildman–Crippen MR) is 90.5 cm³/mol. The van der Waals surface area contributed by atoms with Crippen LogP contribution in [-0.4, -0.2) is 24.0 Å². The number of rotatable bonds is 7. The van der Waals surface area contributed by atoms with Gasteiger partial charge in [-0.2, -0.15) is 0 Å². The largest absolute Gasteiger partial charge is 0.351 e. The lowest BCUT2D eigenvalue weighted by Gasteiger charge is -2.06. The number of hydrogen-bond acceptors (Lipinski definition) is 4. The van der Waals surface area contributed by atoms with Gasteiger partial charge in [-0.05, 0) is 38.6 Å². The van der Waals surface area contributed by atoms with Gasteiger partial charge >= 0.3 is 0 Å². The van der Waals surface area contributed by atoms with Crippen LogP contribution in [0.3, 0.4) is 0 Å². The summed E-state index contributed by atoms with van der Waals surface area (Å²) in [5.74, 6) is 0.517. The van der Waals surface area contributed by atoms with E-state index in [1.54, 1.807) is 0 Å². The first kappa shape index (κ1) is 21.9. The second-order valence-corrected chi connectivity index (χ2v) is 6.06. The normalized spacial score (nSPS) is 9.85. The lowest BCUT2D eigenvalue weighted by atomic mass is 10.1. The fourth-order valence-corrected chi connectivity index (χ4v) is 2.59. The molecule has 0 saturated carbocycles. The first-order valence-corrected chi connectivity index (χ1v) is 7.30. The molecule has 0 aromatic carbocycles. The number of aromatic nitrogens is 1. The minimum absolute atomic E-state index is 0. The standard InChI is InChI=1S/C13H23N3OS.2ClH/c1-9(2)8-11-12(18-10(3)16-11)13(17)15-7-5-4-6-14;;/h9H,4-8,14H2,1-3H3,(H,15,17);2*1H. The summed E-state index contributed by atoms with van der Waals surface area (Å²) in [6, 6.07) is 0. The van der Waals surface area contributed by atoms with Gasteiger partial charge in [0, 0.05) is 6.54 Å². The van der Waals surface area contributed by atoms with Crippen molar-refractivity contribution in [2.75, 3.05) is 13.1 Å². The number of amides is 1. The van der Waals surface area contributed by atoms with Crippen LogP contribution >= 0.6 is 36.2 Å². The van der Waals surface area contributed by atoms with Crippen LogP contribution < -0.4 is 11.1 Å². The topological polar surface area (TPSA) is 68.0 Å². The van der Waals surface area contributed by atoms with Crippen molar-refractivity contribution in [2.45, 2.75) is 40.0 Å². The van der Waals surface area contributed by atoms with Gasteiger partial charge in [-0.3, -0.25) is 4.79 Å². The SMILES string of the molecule is Cc1nc(CC(C)C)c(C(=O)NCCCCN)s1.Cl.Cl. The van der Waals surface area contributed by atoms with Crippen molar-refractivity contribution in [3.8, 4) is 0 Å². The number of thiazole rings is 1. The van der Waals surface area contributed by atoms with Gasteiger partial charge in [0.15, 0.2) is 0 Å². The zero-order valence-electron chi connectivity index (χ0n) is 12.3. The Morgan fingerprint density at radius 3 is 2.55 bits per heavy atom. The molecule has 0 bridgehead atoms. The molecule has 0 fully saturated rings. The van der Waals surface area contributed by atoms with Crippen LogP contribution in [0.15, 0.2) is 0 Å². The van der Waals surface area contributed by atoms with Gasteiger partial charge in [0.2, 0.25) is 0 Å². The summed E-state index contributed by atoms with van der Waals surface area (Å²) < 4.78 is 0. The van der Waals surface area contributed by atoms with Crippen LogP contribution in [-0.2, 0) is 6.42 Å². The summed E-state index contributed by atoms with van der Waals surface area (Å²) in [6.45, 7) is 7.58. The lowest BCUT2D eigenvalue weighted by molar-refractivity contribution is 0.0956. The van der Waals surface area contributed by atoms with E-state index in [9.17, 15) is 4.79 Å². The van der Waals surface area contributed by atoms with Crippen LogP contribution in [0.2, 0.25) is 0 Å². The number of halogens is 2. The molecule has 1 rings (SSSR count). The molecule has 1 aromatic heterocycles. The van der Waals surface area contributed by atoms with Crippen LogP contribution in [0.5, 0.6) is 0 Å². The van der Waals surface area contributed by atoms with E-state index in [2.05, 4.69) is 24.1 Å². The molecule has 4 nitrogen and oxygen atoms in total. The Kier molecular flexibility index (Phi) is 12.4. The molecule has 20 heavy (non-hydrogen) atoms. The minimum Gasteiger partial charge on any atom is -0.351 e. The average Bonchev–Trinajstić information content (AvgIpc) is 2.64. The van der Waals surface area contributed by atoms with Crippen LogP contribution in [0, 0.1) is 12.8 Å². The van der Waals surface area contributed by atoms with Crippen molar-refractivity contribution >= 4 is 42.1 Å². The second-order valence-electron chi connectivity index (χ2n) is 4.86. The van der Waals surface area contributed by atoms with Gasteiger partial charge < -0.3 is 11.1 Å². The Morgan fingerprint density at radius 2 is 2.00 bits per heavy atom. The van der Waals surface area contributed by atoms with Gasteiger partial charge in [0.1, 0.15) is 4.88 Å². The molecule has 0 aliphatic heterocycles. The molecule has 0 aliphatic rings. The van der Waals surface area contributed by atoms with E-state index >= 15 is 0 Å². The zero-order chi connectivity index (χ0) is 13.5. The molecule has 0 spiro atoms. The number of hydrogen-bond donors (Lipinski definition) is 2. The molecule has 118 valence electrons. The number of unbranched alkanes of at least 4 members (excludes halogenated alkanes) is 1. The van der Waals surface area contributed by atoms with Crippen molar-refractivity contribution < 1.29 is 4.79 Å². The Morgan fingerprint density at radius 1 is 1.35 bits per heavy atom. The summed E-state index contributed by atoms with van der Waals surface area (Å²) in [6.07, 6.45) is 2.73. The molecule has 0 radical (unpaired) electrons. The Labute approximate surface area is 137 Å². The molecule has 1 amide bonds. The monoisotopic (exact) mass is 341 g/mol. The number of aryl methyl sites for hydroxylation is 1. The maximum absolute atomic E-state index is 12.1. The van der Waals surface area contributed by atoms with Crippen molar-refractivity contribution in [2.24, 2.45) is 11.7 Å². The molecule has 0 unspecified atom stereocenters. The summed E-state index contributed by atoms with van der Waals surface area (Å²) >= 11 is 1.48. The number of carbonyl (C=O) groups excluding carboxylic acids is 1. The van der Waals surface area contributed by atoms with Gasteiger partial charge in [-0.1, -0.05) is 13.8 Å². The molecule has 3 N–H and O–H groups in total. The van der Waals surface area contributed by atoms with E-state index in [0.717, 1.165) is 34.8 Å². The minimum atomic E-state index is 0. The van der Waals surface area contributed by atoms with E-state index in [1.807, 2.05) is 6.92 Å². The van der Waals surface area contributed by atoms with E-state index < -0.39 is 0 Å². The molecule has 0 aliphatic carbocycles. The van der Waals surface area contributed by atoms with E-state index in [-0.39, 0.29) is 30.7 Å². The Bertz CT molecular complexity index is 397. The first-order valence-electron chi connectivity index (χ1n) is 6.49. The highest BCUT2D eigenvalue weighted by Gasteiger charge is 2.16. The Hall–Kier alpha value is -0.360. The molecular weight excluding hydrogens is 317 g/mol. The maximum Gasteiger partial charge on any atom is 0.263 e.